The molecule has 2 heterocycles. The Morgan fingerprint density at radius 2 is 1.75 bits per heavy atom. The van der Waals surface area contributed by atoms with Crippen LogP contribution in [0.4, 0.5) is 5.69 Å². The molecule has 28 heavy (non-hydrogen) atoms. The third kappa shape index (κ3) is 6.63. The van der Waals surface area contributed by atoms with Gasteiger partial charge in [0.05, 0.1) is 12.2 Å². The minimum absolute atomic E-state index is 0. The lowest BCUT2D eigenvalue weighted by Gasteiger charge is -2.39. The second kappa shape index (κ2) is 11.9. The first-order chi connectivity index (χ1) is 13.3. The number of aromatic nitrogens is 1. The van der Waals surface area contributed by atoms with Crippen LogP contribution in [0, 0.1) is 0 Å². The van der Waals surface area contributed by atoms with Gasteiger partial charge in [0.2, 0.25) is 0 Å². The van der Waals surface area contributed by atoms with Gasteiger partial charge in [-0.1, -0.05) is 24.3 Å². The normalized spacial score (nSPS) is 16.2. The summed E-state index contributed by atoms with van der Waals surface area (Å²) in [5.74, 6) is 0.815. The fourth-order valence-electron chi connectivity index (χ4n) is 3.33. The van der Waals surface area contributed by atoms with Crippen LogP contribution in [0.25, 0.3) is 0 Å². The zero-order valence-electron chi connectivity index (χ0n) is 16.7. The number of rotatable bonds is 6. The largest absolute Gasteiger partial charge is 0.369 e. The van der Waals surface area contributed by atoms with E-state index in [9.17, 15) is 0 Å². The van der Waals surface area contributed by atoms with Crippen LogP contribution < -0.4 is 15.5 Å². The summed E-state index contributed by atoms with van der Waals surface area (Å²) >= 11 is 0. The Labute approximate surface area is 185 Å². The van der Waals surface area contributed by atoms with E-state index in [0.717, 1.165) is 44.4 Å². The summed E-state index contributed by atoms with van der Waals surface area (Å²) < 4.78 is 0. The highest BCUT2D eigenvalue weighted by atomic mass is 127. The van der Waals surface area contributed by atoms with Gasteiger partial charge < -0.3 is 15.5 Å². The number of halogens is 1. The van der Waals surface area contributed by atoms with E-state index in [0.29, 0.717) is 12.6 Å². The molecule has 1 aromatic carbocycles. The summed E-state index contributed by atoms with van der Waals surface area (Å²) in [6, 6.07) is 17.1. The van der Waals surface area contributed by atoms with Crippen LogP contribution in [0.5, 0.6) is 0 Å². The van der Waals surface area contributed by atoms with Crippen LogP contribution in [-0.2, 0) is 6.54 Å². The first-order valence-electron chi connectivity index (χ1n) is 9.64. The number of nitrogens with one attached hydrogen (secondary N) is 2. The van der Waals surface area contributed by atoms with Crippen LogP contribution >= 0.6 is 24.0 Å². The van der Waals surface area contributed by atoms with Crippen LogP contribution in [0.2, 0.25) is 0 Å². The number of nitrogens with zero attached hydrogens (tertiary/aromatic N) is 4. The molecular formula is C21H31IN6. The standard InChI is InChI=1S/C21H30N6.HI/c1-18(16-24-21(22-2)25-17-19-8-6-7-11-23-19)26-12-14-27(15-13-26)20-9-4-3-5-10-20;/h3-11,18H,12-17H2,1-2H3,(H2,22,24,25);1H. The molecule has 0 amide bonds. The molecule has 2 N–H and O–H groups in total. The maximum atomic E-state index is 4.33. The maximum absolute atomic E-state index is 4.33. The van der Waals surface area contributed by atoms with E-state index in [1.54, 1.807) is 7.05 Å². The second-order valence-electron chi connectivity index (χ2n) is 6.84. The monoisotopic (exact) mass is 494 g/mol. The van der Waals surface area contributed by atoms with Crippen molar-refractivity contribution in [1.82, 2.24) is 20.5 Å². The van der Waals surface area contributed by atoms with Crippen molar-refractivity contribution >= 4 is 35.6 Å². The van der Waals surface area contributed by atoms with Crippen molar-refractivity contribution in [3.05, 3.63) is 60.4 Å². The van der Waals surface area contributed by atoms with E-state index < -0.39 is 0 Å². The van der Waals surface area contributed by atoms with Crippen LogP contribution in [0.1, 0.15) is 12.6 Å². The molecule has 1 unspecified atom stereocenters. The zero-order valence-corrected chi connectivity index (χ0v) is 19.0. The predicted molar refractivity (Wildman–Crippen MR) is 128 cm³/mol. The Morgan fingerprint density at radius 1 is 1.04 bits per heavy atom. The molecule has 152 valence electrons. The van der Waals surface area contributed by atoms with Gasteiger partial charge in [0.15, 0.2) is 5.96 Å². The topological polar surface area (TPSA) is 55.8 Å². The SMILES string of the molecule is CN=C(NCc1ccccn1)NCC(C)N1CCN(c2ccccc2)CC1.I. The molecule has 0 radical (unpaired) electrons. The maximum Gasteiger partial charge on any atom is 0.191 e. The van der Waals surface area contributed by atoms with Crippen LogP contribution in [0.15, 0.2) is 59.7 Å². The van der Waals surface area contributed by atoms with E-state index >= 15 is 0 Å². The zero-order chi connectivity index (χ0) is 18.9. The van der Waals surface area contributed by atoms with Crippen molar-refractivity contribution in [3.63, 3.8) is 0 Å². The Balaban J connectivity index is 0.00000280. The minimum Gasteiger partial charge on any atom is -0.369 e. The first kappa shape index (κ1) is 22.4. The van der Waals surface area contributed by atoms with Gasteiger partial charge in [-0.2, -0.15) is 0 Å². The highest BCUT2D eigenvalue weighted by molar-refractivity contribution is 14.0. The number of pyridine rings is 1. The predicted octanol–water partition coefficient (Wildman–Crippen LogP) is 2.58. The van der Waals surface area contributed by atoms with Crippen molar-refractivity contribution < 1.29 is 0 Å². The Morgan fingerprint density at radius 3 is 2.39 bits per heavy atom. The minimum atomic E-state index is 0. The number of guanidine groups is 1. The summed E-state index contributed by atoms with van der Waals surface area (Å²) in [6.07, 6.45) is 1.81. The molecule has 7 heteroatoms. The molecule has 1 aliphatic rings. The van der Waals surface area contributed by atoms with Gasteiger partial charge in [-0.05, 0) is 31.2 Å². The van der Waals surface area contributed by atoms with Crippen molar-refractivity contribution in [3.8, 4) is 0 Å². The third-order valence-electron chi connectivity index (χ3n) is 5.01. The summed E-state index contributed by atoms with van der Waals surface area (Å²) in [5, 5.41) is 6.76. The lowest BCUT2D eigenvalue weighted by atomic mass is 10.2. The van der Waals surface area contributed by atoms with Gasteiger partial charge in [0, 0.05) is 57.7 Å². The number of anilines is 1. The number of hydrogen-bond acceptors (Lipinski definition) is 4. The molecular weight excluding hydrogens is 463 g/mol. The van der Waals surface area contributed by atoms with E-state index in [4.69, 9.17) is 0 Å². The van der Waals surface area contributed by atoms with E-state index in [1.165, 1.54) is 5.69 Å². The molecule has 0 saturated carbocycles. The number of benzene rings is 1. The molecule has 0 spiro atoms. The van der Waals surface area contributed by atoms with Crippen LogP contribution in [-0.4, -0.2) is 61.7 Å². The number of hydrogen-bond donors (Lipinski definition) is 2. The van der Waals surface area contributed by atoms with Gasteiger partial charge in [-0.25, -0.2) is 0 Å². The average Bonchev–Trinajstić information content (AvgIpc) is 2.75. The molecule has 6 nitrogen and oxygen atoms in total. The van der Waals surface area contributed by atoms with E-state index in [1.807, 2.05) is 24.4 Å². The van der Waals surface area contributed by atoms with Gasteiger partial charge in [0.1, 0.15) is 0 Å². The Bertz CT molecular complexity index is 701. The van der Waals surface area contributed by atoms with Gasteiger partial charge in [-0.3, -0.25) is 14.9 Å². The van der Waals surface area contributed by atoms with Crippen molar-refractivity contribution in [2.24, 2.45) is 4.99 Å². The Hall–Kier alpha value is -1.87. The molecule has 1 saturated heterocycles. The Kier molecular flexibility index (Phi) is 9.49. The van der Waals surface area contributed by atoms with E-state index in [2.05, 4.69) is 67.7 Å². The highest BCUT2D eigenvalue weighted by Crippen LogP contribution is 2.16. The quantitative estimate of drug-likeness (QED) is 0.368. The number of para-hydroxylation sites is 1. The van der Waals surface area contributed by atoms with Gasteiger partial charge >= 0.3 is 0 Å². The number of piperazine rings is 1. The molecule has 0 bridgehead atoms. The molecule has 0 aliphatic carbocycles. The smallest absolute Gasteiger partial charge is 0.191 e. The highest BCUT2D eigenvalue weighted by Gasteiger charge is 2.21. The fraction of sp³-hybridized carbons (Fsp3) is 0.429. The lowest BCUT2D eigenvalue weighted by Crippen LogP contribution is -2.53. The molecule has 3 rings (SSSR count). The van der Waals surface area contributed by atoms with Crippen molar-refractivity contribution in [2.45, 2.75) is 19.5 Å². The number of aliphatic imine (C=N–C) groups is 1. The summed E-state index contributed by atoms with van der Waals surface area (Å²) in [4.78, 5) is 13.6. The van der Waals surface area contributed by atoms with Crippen LogP contribution in [0.3, 0.4) is 0 Å². The van der Waals surface area contributed by atoms with Gasteiger partial charge in [0.25, 0.3) is 0 Å². The molecule has 2 aromatic rings. The molecule has 1 fully saturated rings. The van der Waals surface area contributed by atoms with Crippen molar-refractivity contribution in [1.29, 1.82) is 0 Å². The molecule has 1 aliphatic heterocycles. The summed E-state index contributed by atoms with van der Waals surface area (Å²) in [6.45, 7) is 8.12. The second-order valence-corrected chi connectivity index (χ2v) is 6.84. The summed E-state index contributed by atoms with van der Waals surface area (Å²) in [7, 11) is 1.80. The van der Waals surface area contributed by atoms with E-state index in [-0.39, 0.29) is 24.0 Å². The van der Waals surface area contributed by atoms with Crippen molar-refractivity contribution in [2.75, 3.05) is 44.7 Å². The molecule has 1 atom stereocenters. The first-order valence-corrected chi connectivity index (χ1v) is 9.64. The summed E-state index contributed by atoms with van der Waals surface area (Å²) in [5.41, 5.74) is 2.33. The fourth-order valence-corrected chi connectivity index (χ4v) is 3.33. The molecule has 1 aromatic heterocycles. The van der Waals surface area contributed by atoms with Gasteiger partial charge in [-0.15, -0.1) is 24.0 Å². The average molecular weight is 494 g/mol. The lowest BCUT2D eigenvalue weighted by molar-refractivity contribution is 0.197. The third-order valence-corrected chi connectivity index (χ3v) is 5.01.